The van der Waals surface area contributed by atoms with E-state index < -0.39 is 5.91 Å². The standard InChI is InChI=1S/C16H14Cl3NO4/c1-22-14-6-11(19)12(7-15(14)23-2)20-16(21)8-24-13-5-9(17)3-4-10(13)18/h3-7H,8H2,1-2H3,(H,20,21). The van der Waals surface area contributed by atoms with Gasteiger partial charge in [-0.2, -0.15) is 0 Å². The van der Waals surface area contributed by atoms with Gasteiger partial charge in [-0.1, -0.05) is 34.8 Å². The highest BCUT2D eigenvalue weighted by Crippen LogP contribution is 2.36. The third kappa shape index (κ3) is 4.60. The molecule has 1 amide bonds. The van der Waals surface area contributed by atoms with Crippen LogP contribution in [0.15, 0.2) is 30.3 Å². The SMILES string of the molecule is COc1cc(Cl)c(NC(=O)COc2cc(Cl)ccc2Cl)cc1OC. The molecule has 2 aromatic carbocycles. The van der Waals surface area contributed by atoms with E-state index in [4.69, 9.17) is 49.0 Å². The van der Waals surface area contributed by atoms with Crippen LogP contribution in [-0.4, -0.2) is 26.7 Å². The zero-order chi connectivity index (χ0) is 17.7. The van der Waals surface area contributed by atoms with Gasteiger partial charge in [0.15, 0.2) is 18.1 Å². The first kappa shape index (κ1) is 18.5. The molecule has 0 saturated heterocycles. The van der Waals surface area contributed by atoms with E-state index in [2.05, 4.69) is 5.32 Å². The Morgan fingerprint density at radius 1 is 0.958 bits per heavy atom. The van der Waals surface area contributed by atoms with Crippen LogP contribution in [0.5, 0.6) is 17.2 Å². The molecule has 0 aliphatic heterocycles. The molecular formula is C16H14Cl3NO4. The zero-order valence-corrected chi connectivity index (χ0v) is 15.1. The van der Waals surface area contributed by atoms with E-state index in [1.807, 2.05) is 0 Å². The first-order valence-electron chi connectivity index (χ1n) is 6.73. The minimum absolute atomic E-state index is 0.259. The van der Waals surface area contributed by atoms with Gasteiger partial charge in [-0.05, 0) is 12.1 Å². The molecule has 0 heterocycles. The zero-order valence-electron chi connectivity index (χ0n) is 12.9. The van der Waals surface area contributed by atoms with E-state index in [9.17, 15) is 4.79 Å². The normalized spacial score (nSPS) is 10.2. The Balaban J connectivity index is 2.06. The largest absolute Gasteiger partial charge is 0.493 e. The Hall–Kier alpha value is -1.82. The lowest BCUT2D eigenvalue weighted by Crippen LogP contribution is -2.20. The molecule has 0 radical (unpaired) electrons. The predicted octanol–water partition coefficient (Wildman–Crippen LogP) is 4.68. The first-order chi connectivity index (χ1) is 11.4. The molecular weight excluding hydrogens is 377 g/mol. The lowest BCUT2D eigenvalue weighted by molar-refractivity contribution is -0.118. The summed E-state index contributed by atoms with van der Waals surface area (Å²) >= 11 is 17.9. The quantitative estimate of drug-likeness (QED) is 0.778. The summed E-state index contributed by atoms with van der Waals surface area (Å²) in [5.41, 5.74) is 0.375. The van der Waals surface area contributed by atoms with Crippen molar-refractivity contribution in [1.82, 2.24) is 0 Å². The highest BCUT2D eigenvalue weighted by Gasteiger charge is 2.13. The number of hydrogen-bond acceptors (Lipinski definition) is 4. The fourth-order valence-electron chi connectivity index (χ4n) is 1.87. The molecule has 0 atom stereocenters. The number of methoxy groups -OCH3 is 2. The van der Waals surface area contributed by atoms with E-state index in [1.54, 1.807) is 24.3 Å². The number of nitrogens with one attached hydrogen (secondary N) is 1. The number of hydrogen-bond donors (Lipinski definition) is 1. The molecule has 0 aliphatic carbocycles. The van der Waals surface area contributed by atoms with Crippen molar-refractivity contribution in [3.8, 4) is 17.2 Å². The molecule has 0 fully saturated rings. The van der Waals surface area contributed by atoms with Gasteiger partial charge in [0.05, 0.1) is 30.0 Å². The molecule has 2 aromatic rings. The van der Waals surface area contributed by atoms with Crippen molar-refractivity contribution >= 4 is 46.4 Å². The lowest BCUT2D eigenvalue weighted by atomic mass is 10.2. The molecule has 128 valence electrons. The molecule has 8 heteroatoms. The molecule has 1 N–H and O–H groups in total. The van der Waals surface area contributed by atoms with Crippen LogP contribution in [0.25, 0.3) is 0 Å². The van der Waals surface area contributed by atoms with Crippen LogP contribution in [0.4, 0.5) is 5.69 Å². The summed E-state index contributed by atoms with van der Waals surface area (Å²) in [6.45, 7) is -0.259. The summed E-state index contributed by atoms with van der Waals surface area (Å²) in [4.78, 5) is 12.0. The summed E-state index contributed by atoms with van der Waals surface area (Å²) < 4.78 is 15.7. The second-order valence-corrected chi connectivity index (χ2v) is 5.85. The summed E-state index contributed by atoms with van der Waals surface area (Å²) in [6.07, 6.45) is 0. The fourth-order valence-corrected chi connectivity index (χ4v) is 2.40. The van der Waals surface area contributed by atoms with Gasteiger partial charge >= 0.3 is 0 Å². The molecule has 0 unspecified atom stereocenters. The van der Waals surface area contributed by atoms with Crippen molar-refractivity contribution < 1.29 is 19.0 Å². The molecule has 0 saturated carbocycles. The van der Waals surface area contributed by atoms with Crippen LogP contribution in [0.3, 0.4) is 0 Å². The summed E-state index contributed by atoms with van der Waals surface area (Å²) in [7, 11) is 2.98. The van der Waals surface area contributed by atoms with Crippen LogP contribution < -0.4 is 19.5 Å². The number of anilines is 1. The molecule has 24 heavy (non-hydrogen) atoms. The number of carbonyl (C=O) groups is 1. The van der Waals surface area contributed by atoms with Crippen molar-refractivity contribution in [2.75, 3.05) is 26.1 Å². The average molecular weight is 391 g/mol. The van der Waals surface area contributed by atoms with Crippen LogP contribution in [0, 0.1) is 0 Å². The Bertz CT molecular complexity index is 752. The van der Waals surface area contributed by atoms with Gasteiger partial charge in [-0.3, -0.25) is 4.79 Å². The Morgan fingerprint density at radius 3 is 2.29 bits per heavy atom. The van der Waals surface area contributed by atoms with Gasteiger partial charge in [0.25, 0.3) is 5.91 Å². The fraction of sp³-hybridized carbons (Fsp3) is 0.188. The first-order valence-corrected chi connectivity index (χ1v) is 7.87. The van der Waals surface area contributed by atoms with Gasteiger partial charge in [-0.15, -0.1) is 0 Å². The Labute approximate surface area is 154 Å². The van der Waals surface area contributed by atoms with E-state index in [1.165, 1.54) is 20.3 Å². The van der Waals surface area contributed by atoms with Gasteiger partial charge in [0, 0.05) is 23.2 Å². The second-order valence-electron chi connectivity index (χ2n) is 4.60. The monoisotopic (exact) mass is 389 g/mol. The number of carbonyl (C=O) groups excluding carboxylic acids is 1. The minimum Gasteiger partial charge on any atom is -0.493 e. The number of ether oxygens (including phenoxy) is 3. The van der Waals surface area contributed by atoms with E-state index in [-0.39, 0.29) is 6.61 Å². The molecule has 5 nitrogen and oxygen atoms in total. The number of halogens is 3. The molecule has 0 aromatic heterocycles. The van der Waals surface area contributed by atoms with Crippen molar-refractivity contribution in [2.24, 2.45) is 0 Å². The number of amides is 1. The molecule has 0 aliphatic rings. The van der Waals surface area contributed by atoms with Gasteiger partial charge in [0.1, 0.15) is 5.75 Å². The van der Waals surface area contributed by atoms with Crippen molar-refractivity contribution in [3.05, 3.63) is 45.4 Å². The summed E-state index contributed by atoms with van der Waals surface area (Å²) in [6, 6.07) is 7.85. The maximum absolute atomic E-state index is 12.0. The average Bonchev–Trinajstić information content (AvgIpc) is 2.57. The van der Waals surface area contributed by atoms with Crippen LogP contribution in [-0.2, 0) is 4.79 Å². The predicted molar refractivity (Wildman–Crippen MR) is 95.1 cm³/mol. The summed E-state index contributed by atoms with van der Waals surface area (Å²) in [5.74, 6) is 0.802. The third-order valence-corrected chi connectivity index (χ3v) is 3.86. The van der Waals surface area contributed by atoms with Crippen LogP contribution in [0.2, 0.25) is 15.1 Å². The highest BCUT2D eigenvalue weighted by atomic mass is 35.5. The van der Waals surface area contributed by atoms with Crippen molar-refractivity contribution in [3.63, 3.8) is 0 Å². The van der Waals surface area contributed by atoms with Crippen LogP contribution >= 0.6 is 34.8 Å². The van der Waals surface area contributed by atoms with E-state index in [0.29, 0.717) is 38.0 Å². The topological polar surface area (TPSA) is 56.8 Å². The van der Waals surface area contributed by atoms with E-state index in [0.717, 1.165) is 0 Å². The van der Waals surface area contributed by atoms with Gasteiger partial charge < -0.3 is 19.5 Å². The van der Waals surface area contributed by atoms with Gasteiger partial charge in [-0.25, -0.2) is 0 Å². The Morgan fingerprint density at radius 2 is 1.62 bits per heavy atom. The van der Waals surface area contributed by atoms with Crippen molar-refractivity contribution in [1.29, 1.82) is 0 Å². The van der Waals surface area contributed by atoms with Gasteiger partial charge in [0.2, 0.25) is 0 Å². The molecule has 0 spiro atoms. The maximum atomic E-state index is 12.0. The third-order valence-electron chi connectivity index (χ3n) is 3.00. The van der Waals surface area contributed by atoms with Crippen molar-refractivity contribution in [2.45, 2.75) is 0 Å². The summed E-state index contributed by atoms with van der Waals surface area (Å²) in [5, 5.41) is 3.75. The Kier molecular flexibility index (Phi) is 6.43. The number of benzene rings is 2. The lowest BCUT2D eigenvalue weighted by Gasteiger charge is -2.13. The molecule has 2 rings (SSSR count). The highest BCUT2D eigenvalue weighted by molar-refractivity contribution is 6.34. The second kappa shape index (κ2) is 8.33. The minimum atomic E-state index is -0.417. The number of rotatable bonds is 6. The maximum Gasteiger partial charge on any atom is 0.262 e. The smallest absolute Gasteiger partial charge is 0.262 e. The molecule has 0 bridgehead atoms. The van der Waals surface area contributed by atoms with Crippen LogP contribution in [0.1, 0.15) is 0 Å². The van der Waals surface area contributed by atoms with E-state index >= 15 is 0 Å².